The molecule has 1 aromatic heterocycles. The molecule has 36 heavy (non-hydrogen) atoms. The highest BCUT2D eigenvalue weighted by Gasteiger charge is 2.31. The average Bonchev–Trinajstić information content (AvgIpc) is 3.34. The van der Waals surface area contributed by atoms with Gasteiger partial charge in [-0.25, -0.2) is 9.78 Å². The van der Waals surface area contributed by atoms with Gasteiger partial charge in [0, 0.05) is 24.7 Å². The van der Waals surface area contributed by atoms with Crippen molar-refractivity contribution in [1.29, 1.82) is 0 Å². The normalized spacial score (nSPS) is 14.1. The molecule has 0 spiro atoms. The van der Waals surface area contributed by atoms with Gasteiger partial charge >= 0.3 is 11.9 Å². The molecule has 0 radical (unpaired) electrons. The third-order valence-electron chi connectivity index (χ3n) is 5.06. The molecule has 4 unspecified atom stereocenters. The van der Waals surface area contributed by atoms with Crippen LogP contribution in [0.4, 0.5) is 0 Å². The lowest BCUT2D eigenvalue weighted by molar-refractivity contribution is -0.147. The fourth-order valence-corrected chi connectivity index (χ4v) is 3.18. The molecule has 1 aromatic carbocycles. The van der Waals surface area contributed by atoms with E-state index in [1.54, 1.807) is 30.3 Å². The zero-order chi connectivity index (χ0) is 26.7. The minimum absolute atomic E-state index is 0.0196. The van der Waals surface area contributed by atoms with Gasteiger partial charge in [0.2, 0.25) is 17.7 Å². The van der Waals surface area contributed by atoms with Gasteiger partial charge in [-0.05, 0) is 5.56 Å². The topological polar surface area (TPSA) is 237 Å². The van der Waals surface area contributed by atoms with Crippen molar-refractivity contribution in [2.24, 2.45) is 5.73 Å². The summed E-state index contributed by atoms with van der Waals surface area (Å²) in [6, 6.07) is 3.04. The predicted octanol–water partition coefficient (Wildman–Crippen LogP) is -2.47. The van der Waals surface area contributed by atoms with Crippen molar-refractivity contribution in [2.75, 3.05) is 6.61 Å². The van der Waals surface area contributed by atoms with Crippen LogP contribution in [0.15, 0.2) is 42.9 Å². The number of rotatable bonds is 14. The third kappa shape index (κ3) is 8.81. The first-order chi connectivity index (χ1) is 17.1. The minimum Gasteiger partial charge on any atom is -0.481 e. The lowest BCUT2D eigenvalue weighted by Crippen LogP contribution is -2.58. The van der Waals surface area contributed by atoms with Gasteiger partial charge in [0.15, 0.2) is 0 Å². The second kappa shape index (κ2) is 13.6. The van der Waals surface area contributed by atoms with Crippen molar-refractivity contribution < 1.29 is 39.3 Å². The standard InChI is InChI=1S/C22H28N6O8/c23-14(7-13-9-24-11-25-13)19(32)26-15(6-12-4-2-1-3-5-12)20(33)28-17(10-29)21(34)27-16(22(35)36)8-18(30)31/h1-5,9,11,14-17,29H,6-8,10,23H2,(H,24,25)(H,26,32)(H,27,34)(H,28,33)(H,30,31)(H,35,36). The number of aromatic nitrogens is 2. The molecule has 9 N–H and O–H groups in total. The van der Waals surface area contributed by atoms with Crippen LogP contribution in [-0.2, 0) is 36.8 Å². The van der Waals surface area contributed by atoms with Gasteiger partial charge in [-0.1, -0.05) is 30.3 Å². The number of hydrogen-bond donors (Lipinski definition) is 8. The lowest BCUT2D eigenvalue weighted by Gasteiger charge is -2.24. The monoisotopic (exact) mass is 504 g/mol. The van der Waals surface area contributed by atoms with Gasteiger partial charge in [0.05, 0.1) is 25.4 Å². The van der Waals surface area contributed by atoms with Gasteiger partial charge in [-0.15, -0.1) is 0 Å². The smallest absolute Gasteiger partial charge is 0.326 e. The van der Waals surface area contributed by atoms with E-state index in [1.807, 2.05) is 5.32 Å². The van der Waals surface area contributed by atoms with Crippen molar-refractivity contribution in [3.63, 3.8) is 0 Å². The van der Waals surface area contributed by atoms with Crippen LogP contribution < -0.4 is 21.7 Å². The molecule has 0 saturated carbocycles. The molecule has 0 aliphatic carbocycles. The fraction of sp³-hybridized carbons (Fsp3) is 0.364. The molecule has 4 atom stereocenters. The van der Waals surface area contributed by atoms with Gasteiger partial charge < -0.3 is 42.0 Å². The Bertz CT molecular complexity index is 1050. The molecule has 0 saturated heterocycles. The maximum Gasteiger partial charge on any atom is 0.326 e. The summed E-state index contributed by atoms with van der Waals surface area (Å²) >= 11 is 0. The molecule has 1 heterocycles. The minimum atomic E-state index is -1.78. The number of benzene rings is 1. The number of carbonyl (C=O) groups is 5. The van der Waals surface area contributed by atoms with Crippen LogP contribution in [0.1, 0.15) is 17.7 Å². The summed E-state index contributed by atoms with van der Waals surface area (Å²) in [7, 11) is 0. The van der Waals surface area contributed by atoms with Gasteiger partial charge in [-0.2, -0.15) is 0 Å². The second-order valence-electron chi connectivity index (χ2n) is 7.88. The van der Waals surface area contributed by atoms with Crippen LogP contribution in [0.25, 0.3) is 0 Å². The van der Waals surface area contributed by atoms with Gasteiger partial charge in [0.25, 0.3) is 0 Å². The number of nitrogens with zero attached hydrogens (tertiary/aromatic N) is 1. The number of aliphatic hydroxyl groups is 1. The largest absolute Gasteiger partial charge is 0.481 e. The number of carboxylic acids is 2. The Hall–Kier alpha value is -4.30. The average molecular weight is 505 g/mol. The highest BCUT2D eigenvalue weighted by molar-refractivity contribution is 5.94. The molecule has 2 rings (SSSR count). The van der Waals surface area contributed by atoms with Gasteiger partial charge in [-0.3, -0.25) is 19.2 Å². The summed E-state index contributed by atoms with van der Waals surface area (Å²) in [5, 5.41) is 34.3. The Morgan fingerprint density at radius 2 is 1.50 bits per heavy atom. The number of imidazole rings is 1. The molecule has 2 aromatic rings. The van der Waals surface area contributed by atoms with E-state index in [0.29, 0.717) is 11.3 Å². The van der Waals surface area contributed by atoms with Crippen LogP contribution in [0, 0.1) is 0 Å². The summed E-state index contributed by atoms with van der Waals surface area (Å²) in [5.74, 6) is -5.68. The van der Waals surface area contributed by atoms with E-state index in [-0.39, 0.29) is 12.8 Å². The number of amides is 3. The van der Waals surface area contributed by atoms with E-state index in [0.717, 1.165) is 0 Å². The van der Waals surface area contributed by atoms with E-state index >= 15 is 0 Å². The highest BCUT2D eigenvalue weighted by atomic mass is 16.4. The first-order valence-corrected chi connectivity index (χ1v) is 10.8. The Kier molecular flexibility index (Phi) is 10.5. The van der Waals surface area contributed by atoms with Crippen LogP contribution >= 0.6 is 0 Å². The van der Waals surface area contributed by atoms with E-state index < -0.39 is 66.9 Å². The molecule has 0 aliphatic heterocycles. The van der Waals surface area contributed by atoms with Crippen LogP contribution in [0.5, 0.6) is 0 Å². The number of aliphatic carboxylic acids is 2. The summed E-state index contributed by atoms with van der Waals surface area (Å²) < 4.78 is 0. The van der Waals surface area contributed by atoms with Crippen LogP contribution in [0.3, 0.4) is 0 Å². The van der Waals surface area contributed by atoms with E-state index in [2.05, 4.69) is 20.6 Å². The number of nitrogens with two attached hydrogens (primary N) is 1. The number of nitrogens with one attached hydrogen (secondary N) is 4. The molecule has 194 valence electrons. The molecule has 0 bridgehead atoms. The van der Waals surface area contributed by atoms with Crippen molar-refractivity contribution >= 4 is 29.7 Å². The number of carbonyl (C=O) groups excluding carboxylic acids is 3. The van der Waals surface area contributed by atoms with Crippen molar-refractivity contribution in [1.82, 2.24) is 25.9 Å². The highest BCUT2D eigenvalue weighted by Crippen LogP contribution is 2.06. The first-order valence-electron chi connectivity index (χ1n) is 10.8. The van der Waals surface area contributed by atoms with E-state index in [9.17, 15) is 29.1 Å². The predicted molar refractivity (Wildman–Crippen MR) is 123 cm³/mol. The molecule has 14 nitrogen and oxygen atoms in total. The Labute approximate surface area is 205 Å². The molecule has 14 heteroatoms. The van der Waals surface area contributed by atoms with E-state index in [1.165, 1.54) is 12.5 Å². The number of aromatic amines is 1. The number of hydrogen-bond acceptors (Lipinski definition) is 8. The van der Waals surface area contributed by atoms with Crippen LogP contribution in [0.2, 0.25) is 0 Å². The van der Waals surface area contributed by atoms with Gasteiger partial charge in [0.1, 0.15) is 18.1 Å². The van der Waals surface area contributed by atoms with Crippen LogP contribution in [-0.4, -0.2) is 85.7 Å². The number of H-pyrrole nitrogens is 1. The second-order valence-corrected chi connectivity index (χ2v) is 7.88. The Morgan fingerprint density at radius 1 is 0.889 bits per heavy atom. The Balaban J connectivity index is 2.12. The summed E-state index contributed by atoms with van der Waals surface area (Å²) in [6.45, 7) is -0.914. The SMILES string of the molecule is NC(Cc1cnc[nH]1)C(=O)NC(Cc1ccccc1)C(=O)NC(CO)C(=O)NC(CC(=O)O)C(=O)O. The zero-order valence-electron chi connectivity index (χ0n) is 19.1. The quantitative estimate of drug-likeness (QED) is 0.135. The molecular formula is C22H28N6O8. The lowest BCUT2D eigenvalue weighted by atomic mass is 10.0. The maximum atomic E-state index is 13.0. The first kappa shape index (κ1) is 27.9. The number of carboxylic acid groups (broad SMARTS) is 2. The third-order valence-corrected chi connectivity index (χ3v) is 5.06. The summed E-state index contributed by atoms with van der Waals surface area (Å²) in [6.07, 6.45) is 2.16. The molecular weight excluding hydrogens is 476 g/mol. The molecule has 0 aliphatic rings. The van der Waals surface area contributed by atoms with Crippen molar-refractivity contribution in [3.05, 3.63) is 54.1 Å². The van der Waals surface area contributed by atoms with E-state index in [4.69, 9.17) is 15.9 Å². The summed E-state index contributed by atoms with van der Waals surface area (Å²) in [4.78, 5) is 66.9. The molecule has 0 fully saturated rings. The maximum absolute atomic E-state index is 13.0. The van der Waals surface area contributed by atoms with Crippen molar-refractivity contribution in [3.8, 4) is 0 Å². The molecule has 3 amide bonds. The number of aliphatic hydroxyl groups excluding tert-OH is 1. The zero-order valence-corrected chi connectivity index (χ0v) is 19.1. The fourth-order valence-electron chi connectivity index (χ4n) is 3.18. The Morgan fingerprint density at radius 3 is 2.06 bits per heavy atom. The van der Waals surface area contributed by atoms with Crippen molar-refractivity contribution in [2.45, 2.75) is 43.4 Å². The summed E-state index contributed by atoms with van der Waals surface area (Å²) in [5.41, 5.74) is 7.23.